The minimum absolute atomic E-state index is 0.153. The Morgan fingerprint density at radius 1 is 1.00 bits per heavy atom. The van der Waals surface area contributed by atoms with Crippen molar-refractivity contribution in [2.24, 2.45) is 7.05 Å². The molecule has 0 unspecified atom stereocenters. The van der Waals surface area contributed by atoms with Crippen LogP contribution >= 0.6 is 0 Å². The number of nitrogens with zero attached hydrogens (tertiary/aromatic N) is 5. The predicted octanol–water partition coefficient (Wildman–Crippen LogP) is 2.63. The molecule has 0 spiro atoms. The molecule has 0 amide bonds. The summed E-state index contributed by atoms with van der Waals surface area (Å²) < 4.78 is 20.1. The molecule has 30 heavy (non-hydrogen) atoms. The molecular formula is C22H18FN5O2. The fraction of sp³-hybridized carbons (Fsp3) is 0.136. The number of benzene rings is 2. The van der Waals surface area contributed by atoms with Gasteiger partial charge in [-0.15, -0.1) is 0 Å². The van der Waals surface area contributed by atoms with Crippen molar-refractivity contribution < 1.29 is 4.39 Å². The summed E-state index contributed by atoms with van der Waals surface area (Å²) >= 11 is 0. The molecule has 0 aliphatic rings. The second-order valence-corrected chi connectivity index (χ2v) is 7.22. The summed E-state index contributed by atoms with van der Waals surface area (Å²) in [4.78, 5) is 30.8. The molecule has 0 fully saturated rings. The highest BCUT2D eigenvalue weighted by Gasteiger charge is 2.21. The van der Waals surface area contributed by atoms with Crippen LogP contribution in [0.5, 0.6) is 0 Å². The van der Waals surface area contributed by atoms with E-state index in [0.717, 1.165) is 15.9 Å². The topological polar surface area (TPSA) is 66.2 Å². The van der Waals surface area contributed by atoms with Crippen molar-refractivity contribution in [2.45, 2.75) is 13.5 Å². The van der Waals surface area contributed by atoms with E-state index in [9.17, 15) is 14.0 Å². The van der Waals surface area contributed by atoms with Gasteiger partial charge in [-0.1, -0.05) is 36.4 Å². The summed E-state index contributed by atoms with van der Waals surface area (Å²) in [5.74, 6) is 0.0699. The van der Waals surface area contributed by atoms with E-state index in [0.29, 0.717) is 5.78 Å². The minimum atomic E-state index is -0.542. The Morgan fingerprint density at radius 2 is 1.70 bits per heavy atom. The lowest BCUT2D eigenvalue weighted by Gasteiger charge is -2.09. The van der Waals surface area contributed by atoms with E-state index in [1.165, 1.54) is 10.6 Å². The van der Waals surface area contributed by atoms with Crippen LogP contribution in [0.2, 0.25) is 0 Å². The zero-order valence-corrected chi connectivity index (χ0v) is 16.4. The number of hydrogen-bond acceptors (Lipinski definition) is 3. The normalized spacial score (nSPS) is 11.6. The smallest absolute Gasteiger partial charge is 0.283 e. The second-order valence-electron chi connectivity index (χ2n) is 7.22. The highest BCUT2D eigenvalue weighted by molar-refractivity contribution is 5.76. The zero-order valence-electron chi connectivity index (χ0n) is 16.4. The third-order valence-corrected chi connectivity index (χ3v) is 5.33. The maximum absolute atomic E-state index is 14.1. The summed E-state index contributed by atoms with van der Waals surface area (Å²) in [5, 5.41) is 0. The molecule has 5 aromatic rings. The van der Waals surface area contributed by atoms with Gasteiger partial charge < -0.3 is 0 Å². The Bertz CT molecular complexity index is 1540. The monoisotopic (exact) mass is 403 g/mol. The Balaban J connectivity index is 1.82. The maximum Gasteiger partial charge on any atom is 0.332 e. The molecule has 0 bridgehead atoms. The lowest BCUT2D eigenvalue weighted by atomic mass is 10.2. The van der Waals surface area contributed by atoms with Gasteiger partial charge in [-0.2, -0.15) is 4.98 Å². The van der Waals surface area contributed by atoms with Crippen molar-refractivity contribution in [3.8, 4) is 5.69 Å². The molecule has 0 N–H and O–H groups in total. The van der Waals surface area contributed by atoms with Crippen LogP contribution in [0.25, 0.3) is 22.6 Å². The number of aryl methyl sites for hydroxylation is 2. The van der Waals surface area contributed by atoms with Crippen molar-refractivity contribution in [2.75, 3.05) is 0 Å². The summed E-state index contributed by atoms with van der Waals surface area (Å²) in [6.45, 7) is 1.77. The minimum Gasteiger partial charge on any atom is -0.283 e. The van der Waals surface area contributed by atoms with Gasteiger partial charge in [-0.25, -0.2) is 9.18 Å². The van der Waals surface area contributed by atoms with Crippen molar-refractivity contribution in [1.82, 2.24) is 23.1 Å². The van der Waals surface area contributed by atoms with Gasteiger partial charge in [-0.05, 0) is 25.1 Å². The Kier molecular flexibility index (Phi) is 3.95. The maximum atomic E-state index is 14.1. The van der Waals surface area contributed by atoms with E-state index >= 15 is 0 Å². The second kappa shape index (κ2) is 6.55. The molecule has 7 nitrogen and oxygen atoms in total. The van der Waals surface area contributed by atoms with Crippen LogP contribution in [-0.4, -0.2) is 23.1 Å². The van der Waals surface area contributed by atoms with Crippen molar-refractivity contribution in [1.29, 1.82) is 0 Å². The lowest BCUT2D eigenvalue weighted by molar-refractivity contribution is 0.582. The number of halogens is 1. The molecule has 8 heteroatoms. The van der Waals surface area contributed by atoms with Gasteiger partial charge in [0.1, 0.15) is 5.82 Å². The Labute approximate surface area is 169 Å². The first-order valence-electron chi connectivity index (χ1n) is 9.46. The van der Waals surface area contributed by atoms with Crippen LogP contribution < -0.4 is 11.2 Å². The molecule has 0 aliphatic carbocycles. The fourth-order valence-corrected chi connectivity index (χ4v) is 3.84. The van der Waals surface area contributed by atoms with Gasteiger partial charge in [0.15, 0.2) is 11.2 Å². The van der Waals surface area contributed by atoms with Crippen molar-refractivity contribution in [3.05, 3.63) is 98.7 Å². The van der Waals surface area contributed by atoms with Gasteiger partial charge in [0.2, 0.25) is 5.78 Å². The summed E-state index contributed by atoms with van der Waals surface area (Å²) in [5.41, 5.74) is 1.58. The summed E-state index contributed by atoms with van der Waals surface area (Å²) in [7, 11) is 1.56. The lowest BCUT2D eigenvalue weighted by Crippen LogP contribution is -2.39. The average Bonchev–Trinajstić information content (AvgIpc) is 3.26. The molecule has 5 rings (SSSR count). The molecule has 0 saturated heterocycles. The van der Waals surface area contributed by atoms with Crippen LogP contribution in [0.1, 0.15) is 11.3 Å². The Morgan fingerprint density at radius 3 is 2.43 bits per heavy atom. The fourth-order valence-electron chi connectivity index (χ4n) is 3.84. The third-order valence-electron chi connectivity index (χ3n) is 5.33. The first-order chi connectivity index (χ1) is 14.5. The van der Waals surface area contributed by atoms with Gasteiger partial charge in [0, 0.05) is 30.2 Å². The standard InChI is InChI=1S/C22H18FN5O2/c1-14-12-26-18-19(24-21(26)28(14)16-9-4-3-5-10-16)25(2)22(30)27(20(18)29)13-15-8-6-7-11-17(15)23/h3-12H,13H2,1-2H3. The highest BCUT2D eigenvalue weighted by Crippen LogP contribution is 2.20. The van der Waals surface area contributed by atoms with Crippen molar-refractivity contribution in [3.63, 3.8) is 0 Å². The van der Waals surface area contributed by atoms with Crippen LogP contribution in [0.3, 0.4) is 0 Å². The predicted molar refractivity (Wildman–Crippen MR) is 112 cm³/mol. The largest absolute Gasteiger partial charge is 0.332 e. The van der Waals surface area contributed by atoms with E-state index in [4.69, 9.17) is 0 Å². The number of hydrogen-bond donors (Lipinski definition) is 0. The van der Waals surface area contributed by atoms with Gasteiger partial charge >= 0.3 is 5.69 Å². The Hall–Kier alpha value is -3.94. The molecule has 0 radical (unpaired) electrons. The molecule has 3 aromatic heterocycles. The van der Waals surface area contributed by atoms with Crippen LogP contribution in [0.15, 0.2) is 70.4 Å². The first-order valence-corrected chi connectivity index (χ1v) is 9.46. The molecule has 0 saturated carbocycles. The first kappa shape index (κ1) is 18.1. The number of rotatable bonds is 3. The summed E-state index contributed by atoms with van der Waals surface area (Å²) in [6.07, 6.45) is 1.82. The van der Waals surface area contributed by atoms with Crippen LogP contribution in [0, 0.1) is 12.7 Å². The van der Waals surface area contributed by atoms with E-state index in [-0.39, 0.29) is 23.3 Å². The van der Waals surface area contributed by atoms with E-state index in [1.54, 1.807) is 29.6 Å². The number of para-hydroxylation sites is 1. The van der Waals surface area contributed by atoms with Crippen LogP contribution in [0.4, 0.5) is 4.39 Å². The van der Waals surface area contributed by atoms with E-state index in [2.05, 4.69) is 4.98 Å². The van der Waals surface area contributed by atoms with Gasteiger partial charge in [0.25, 0.3) is 5.56 Å². The number of fused-ring (bicyclic) bond motifs is 3. The average molecular weight is 403 g/mol. The van der Waals surface area contributed by atoms with Crippen LogP contribution in [-0.2, 0) is 13.6 Å². The van der Waals surface area contributed by atoms with Gasteiger partial charge in [-0.3, -0.25) is 22.9 Å². The quantitative estimate of drug-likeness (QED) is 0.465. The SMILES string of the molecule is Cc1cn2c3c(=O)n(Cc4ccccc4F)c(=O)n(C)c3nc2n1-c1ccccc1. The highest BCUT2D eigenvalue weighted by atomic mass is 19.1. The summed E-state index contributed by atoms with van der Waals surface area (Å²) in [6, 6.07) is 15.8. The van der Waals surface area contributed by atoms with E-state index < -0.39 is 17.1 Å². The molecule has 2 aromatic carbocycles. The van der Waals surface area contributed by atoms with Gasteiger partial charge in [0.05, 0.1) is 6.54 Å². The number of imidazole rings is 2. The molecule has 0 atom stereocenters. The molecular weight excluding hydrogens is 385 g/mol. The molecule has 0 aliphatic heterocycles. The zero-order chi connectivity index (χ0) is 21.0. The third kappa shape index (κ3) is 2.53. The molecule has 150 valence electrons. The van der Waals surface area contributed by atoms with E-state index in [1.807, 2.05) is 48.0 Å². The van der Waals surface area contributed by atoms with Crippen molar-refractivity contribution >= 4 is 16.9 Å². The number of aromatic nitrogens is 5. The molecule has 3 heterocycles.